The predicted octanol–water partition coefficient (Wildman–Crippen LogP) is 4.50. The monoisotopic (exact) mass is 372 g/mol. The summed E-state index contributed by atoms with van der Waals surface area (Å²) in [7, 11) is 0. The van der Waals surface area contributed by atoms with Crippen molar-refractivity contribution in [3.05, 3.63) is 43.7 Å². The zero-order chi connectivity index (χ0) is 14.9. The molecule has 1 aromatic heterocycles. The lowest BCUT2D eigenvalue weighted by Crippen LogP contribution is -2.00. The number of hydrogen-bond donors (Lipinski definition) is 1. The van der Waals surface area contributed by atoms with Gasteiger partial charge in [-0.15, -0.1) is 0 Å². The number of nitrogen functional groups attached to an aromatic ring is 1. The van der Waals surface area contributed by atoms with Crippen molar-refractivity contribution >= 4 is 56.9 Å². The minimum atomic E-state index is 0.0145. The average molecular weight is 374 g/mol. The van der Waals surface area contributed by atoms with Crippen LogP contribution in [0.3, 0.4) is 0 Å². The summed E-state index contributed by atoms with van der Waals surface area (Å²) < 4.78 is 1.01. The third-order valence-electron chi connectivity index (χ3n) is 2.68. The molecule has 0 fully saturated rings. The topological polar surface area (TPSA) is 64.2 Å². The van der Waals surface area contributed by atoms with Gasteiger partial charge in [-0.2, -0.15) is 0 Å². The van der Waals surface area contributed by atoms with Crippen LogP contribution in [-0.4, -0.2) is 16.2 Å². The lowest BCUT2D eigenvalue weighted by Gasteiger charge is -2.06. The maximum atomic E-state index is 5.99. The molecule has 104 valence electrons. The molecular weight excluding hydrogens is 363 g/mol. The highest BCUT2D eigenvalue weighted by Gasteiger charge is 2.09. The Morgan fingerprint density at radius 3 is 2.35 bits per heavy atom. The first-order valence-electron chi connectivity index (χ1n) is 5.68. The molecule has 0 saturated carbocycles. The Morgan fingerprint density at radius 1 is 1.20 bits per heavy atom. The van der Waals surface area contributed by atoms with Crippen LogP contribution >= 0.6 is 39.1 Å². The summed E-state index contributed by atoms with van der Waals surface area (Å²) in [4.78, 5) is 12.1. The molecule has 0 aliphatic rings. The Bertz CT molecular complexity index is 595. The maximum Gasteiger partial charge on any atom is 0.225 e. The first-order chi connectivity index (χ1) is 9.38. The molecule has 2 aromatic rings. The second-order valence-corrected chi connectivity index (χ2v) is 5.84. The molecular formula is C13H11BrCl2N4. The number of rotatable bonds is 2. The molecule has 0 aliphatic heterocycles. The second-order valence-electron chi connectivity index (χ2n) is 4.23. The van der Waals surface area contributed by atoms with E-state index in [4.69, 9.17) is 28.9 Å². The smallest absolute Gasteiger partial charge is 0.225 e. The Morgan fingerprint density at radius 2 is 1.80 bits per heavy atom. The largest absolute Gasteiger partial charge is 0.383 e. The van der Waals surface area contributed by atoms with Crippen LogP contribution in [0.2, 0.25) is 10.4 Å². The Hall–Kier alpha value is -1.17. The highest BCUT2D eigenvalue weighted by molar-refractivity contribution is 9.10. The second kappa shape index (κ2) is 6.08. The van der Waals surface area contributed by atoms with E-state index in [1.807, 2.05) is 26.0 Å². The number of hydrogen-bond acceptors (Lipinski definition) is 4. The van der Waals surface area contributed by atoms with E-state index in [1.54, 1.807) is 6.21 Å². The fourth-order valence-electron chi connectivity index (χ4n) is 1.79. The van der Waals surface area contributed by atoms with Crippen molar-refractivity contribution in [1.82, 2.24) is 9.97 Å². The fraction of sp³-hybridized carbons (Fsp3) is 0.154. The van der Waals surface area contributed by atoms with Crippen molar-refractivity contribution in [2.24, 2.45) is 4.99 Å². The molecule has 0 radical (unpaired) electrons. The predicted molar refractivity (Wildman–Crippen MR) is 87.3 cm³/mol. The summed E-state index contributed by atoms with van der Waals surface area (Å²) in [5.41, 5.74) is 9.16. The summed E-state index contributed by atoms with van der Waals surface area (Å²) >= 11 is 15.1. The van der Waals surface area contributed by atoms with E-state index in [9.17, 15) is 0 Å². The van der Waals surface area contributed by atoms with Gasteiger partial charge in [0.25, 0.3) is 0 Å². The Labute approximate surface area is 135 Å². The van der Waals surface area contributed by atoms with Gasteiger partial charge in [-0.05, 0) is 48.7 Å². The van der Waals surface area contributed by atoms with E-state index in [2.05, 4.69) is 30.9 Å². The van der Waals surface area contributed by atoms with Gasteiger partial charge in [0.05, 0.1) is 11.3 Å². The lowest BCUT2D eigenvalue weighted by molar-refractivity contribution is 1.17. The zero-order valence-electron chi connectivity index (χ0n) is 10.8. The molecule has 2 N–H and O–H groups in total. The van der Waals surface area contributed by atoms with Crippen LogP contribution in [-0.2, 0) is 0 Å². The quantitative estimate of drug-likeness (QED) is 0.479. The molecule has 2 rings (SSSR count). The van der Waals surface area contributed by atoms with Gasteiger partial charge in [0.15, 0.2) is 0 Å². The van der Waals surface area contributed by atoms with Gasteiger partial charge in [0, 0.05) is 10.7 Å². The highest BCUT2D eigenvalue weighted by Crippen LogP contribution is 2.28. The van der Waals surface area contributed by atoms with Crippen LogP contribution in [0.4, 0.5) is 11.5 Å². The van der Waals surface area contributed by atoms with Crippen LogP contribution in [0.5, 0.6) is 0 Å². The molecule has 1 aromatic carbocycles. The van der Waals surface area contributed by atoms with E-state index in [-0.39, 0.29) is 16.3 Å². The molecule has 0 unspecified atom stereocenters. The standard InChI is InChI=1S/C13H11BrCl2N4/c1-6-3-8(14)4-7(2)10(6)18-5-9-11(15)19-13(16)20-12(9)17/h3-5H,1-2H3,(H2,17,19,20). The lowest BCUT2D eigenvalue weighted by atomic mass is 10.1. The normalized spacial score (nSPS) is 11.2. The van der Waals surface area contributed by atoms with E-state index >= 15 is 0 Å². The number of aryl methyl sites for hydroxylation is 2. The first kappa shape index (κ1) is 15.2. The molecule has 0 bridgehead atoms. The molecule has 0 atom stereocenters. The minimum Gasteiger partial charge on any atom is -0.383 e. The SMILES string of the molecule is Cc1cc(Br)cc(C)c1N=Cc1c(N)nc(Cl)nc1Cl. The van der Waals surface area contributed by atoms with E-state index in [0.717, 1.165) is 21.3 Å². The van der Waals surface area contributed by atoms with Crippen LogP contribution in [0.1, 0.15) is 16.7 Å². The van der Waals surface area contributed by atoms with Gasteiger partial charge in [-0.1, -0.05) is 27.5 Å². The van der Waals surface area contributed by atoms with Crippen molar-refractivity contribution in [2.75, 3.05) is 5.73 Å². The first-order valence-corrected chi connectivity index (χ1v) is 7.22. The van der Waals surface area contributed by atoms with E-state index in [1.165, 1.54) is 0 Å². The molecule has 0 aliphatic carbocycles. The molecule has 20 heavy (non-hydrogen) atoms. The van der Waals surface area contributed by atoms with Crippen molar-refractivity contribution in [2.45, 2.75) is 13.8 Å². The number of nitrogens with zero attached hydrogens (tertiary/aromatic N) is 3. The number of nitrogens with two attached hydrogens (primary N) is 1. The zero-order valence-corrected chi connectivity index (χ0v) is 13.9. The van der Waals surface area contributed by atoms with Gasteiger partial charge in [0.1, 0.15) is 11.0 Å². The van der Waals surface area contributed by atoms with Gasteiger partial charge in [-0.3, -0.25) is 4.99 Å². The van der Waals surface area contributed by atoms with Crippen LogP contribution in [0.15, 0.2) is 21.6 Å². The molecule has 0 spiro atoms. The van der Waals surface area contributed by atoms with Gasteiger partial charge in [0.2, 0.25) is 5.28 Å². The summed E-state index contributed by atoms with van der Waals surface area (Å²) in [5, 5.41) is 0.194. The van der Waals surface area contributed by atoms with Gasteiger partial charge < -0.3 is 5.73 Å². The summed E-state index contributed by atoms with van der Waals surface area (Å²) in [6.45, 7) is 3.96. The van der Waals surface area contributed by atoms with Crippen LogP contribution in [0, 0.1) is 13.8 Å². The molecule has 1 heterocycles. The van der Waals surface area contributed by atoms with Crippen molar-refractivity contribution in [3.63, 3.8) is 0 Å². The fourth-order valence-corrected chi connectivity index (χ4v) is 2.92. The number of anilines is 1. The van der Waals surface area contributed by atoms with Crippen molar-refractivity contribution in [3.8, 4) is 0 Å². The average Bonchev–Trinajstić information content (AvgIpc) is 2.30. The molecule has 7 heteroatoms. The van der Waals surface area contributed by atoms with Crippen molar-refractivity contribution < 1.29 is 0 Å². The number of benzene rings is 1. The number of aromatic nitrogens is 2. The maximum absolute atomic E-state index is 5.99. The molecule has 4 nitrogen and oxygen atoms in total. The minimum absolute atomic E-state index is 0.0145. The molecule has 0 amide bonds. The summed E-state index contributed by atoms with van der Waals surface area (Å²) in [6.07, 6.45) is 1.55. The summed E-state index contributed by atoms with van der Waals surface area (Å²) in [5.74, 6) is 0.200. The molecule has 0 saturated heterocycles. The third kappa shape index (κ3) is 3.29. The van der Waals surface area contributed by atoms with Gasteiger partial charge in [-0.25, -0.2) is 9.97 Å². The van der Waals surface area contributed by atoms with Crippen LogP contribution in [0.25, 0.3) is 0 Å². The van der Waals surface area contributed by atoms with Crippen molar-refractivity contribution in [1.29, 1.82) is 0 Å². The third-order valence-corrected chi connectivity index (χ3v) is 3.59. The summed E-state index contributed by atoms with van der Waals surface area (Å²) in [6, 6.07) is 3.98. The Kier molecular flexibility index (Phi) is 4.62. The van der Waals surface area contributed by atoms with Crippen LogP contribution < -0.4 is 5.73 Å². The van der Waals surface area contributed by atoms with E-state index < -0.39 is 0 Å². The highest BCUT2D eigenvalue weighted by atomic mass is 79.9. The van der Waals surface area contributed by atoms with Gasteiger partial charge >= 0.3 is 0 Å². The van der Waals surface area contributed by atoms with E-state index in [0.29, 0.717) is 5.56 Å². The number of halogens is 3. The number of aliphatic imine (C=N–C) groups is 1. The Balaban J connectivity index is 2.45.